The van der Waals surface area contributed by atoms with Crippen molar-refractivity contribution in [3.05, 3.63) is 229 Å². The van der Waals surface area contributed by atoms with Gasteiger partial charge in [0.1, 0.15) is 74.9 Å². The molecular formula is C47H15BF28. The fourth-order valence-electron chi connectivity index (χ4n) is 8.29. The van der Waals surface area contributed by atoms with Crippen LogP contribution >= 0.6 is 0 Å². The Balaban J connectivity index is 0.000000408. The molecule has 0 saturated carbocycles. The van der Waals surface area contributed by atoms with Gasteiger partial charge in [-0.05, 0) is 72.8 Å². The second-order valence-corrected chi connectivity index (χ2v) is 15.5. The standard InChI is InChI=1S/C28BF28.C19H15/c30-9-1(25(46,47)48)10(31)18(39)5(17(9)38)29(6-19(40)11(32)2(26(49,50)51)12(33)20(6)41,7-21(42)13(34)3(27(52,53)54)14(35)22(7)43)8-23(44)15(36)4(28(55,56)57)16(37)24(8)45;1-4-10-16(11-5-1)19(17-12-6-2-7-13-17)18-14-8-3-9-15-18/h;1-15H/q-1;+1. The van der Waals surface area contributed by atoms with Gasteiger partial charge in [-0.25, -0.2) is 70.2 Å². The molecule has 0 aliphatic heterocycles. The van der Waals surface area contributed by atoms with Gasteiger partial charge in [0.05, 0.1) is 22.6 Å². The molecule has 76 heavy (non-hydrogen) atoms. The fraction of sp³-hybridized carbons (Fsp3) is 0.0851. The third-order valence-electron chi connectivity index (χ3n) is 11.2. The van der Waals surface area contributed by atoms with Gasteiger partial charge in [-0.15, -0.1) is 21.9 Å². The molecule has 0 aliphatic rings. The van der Waals surface area contributed by atoms with Crippen LogP contribution in [0.1, 0.15) is 38.9 Å². The summed E-state index contributed by atoms with van der Waals surface area (Å²) in [6, 6.07) is 31.6. The first kappa shape index (κ1) is 57.8. The van der Waals surface area contributed by atoms with Gasteiger partial charge in [0.15, 0.2) is 46.5 Å². The average Bonchev–Trinajstić information content (AvgIpc) is 3.31. The number of hydrogen-bond acceptors (Lipinski definition) is 0. The van der Waals surface area contributed by atoms with Crippen molar-refractivity contribution in [2.75, 3.05) is 0 Å². The Morgan fingerprint density at radius 3 is 0.500 bits per heavy atom. The highest BCUT2D eigenvalue weighted by molar-refractivity contribution is 7.20. The summed E-state index contributed by atoms with van der Waals surface area (Å²) in [5.41, 5.74) is -29.7. The van der Waals surface area contributed by atoms with E-state index in [1.165, 1.54) is 22.6 Å². The number of rotatable bonds is 7. The van der Waals surface area contributed by atoms with E-state index in [0.717, 1.165) is 0 Å². The topological polar surface area (TPSA) is 0 Å². The predicted molar refractivity (Wildman–Crippen MR) is 209 cm³/mol. The summed E-state index contributed by atoms with van der Waals surface area (Å²) in [7, 11) is 0. The maximum Gasteiger partial charge on any atom is 0.422 e. The lowest BCUT2D eigenvalue weighted by molar-refractivity contribution is -0.144. The highest BCUT2D eigenvalue weighted by atomic mass is 19.4. The summed E-state index contributed by atoms with van der Waals surface area (Å²) in [6.45, 7) is 0. The summed E-state index contributed by atoms with van der Waals surface area (Å²) in [4.78, 5) is 0. The Hall–Kier alpha value is -7.49. The quantitative estimate of drug-likeness (QED) is 0.0491. The summed E-state index contributed by atoms with van der Waals surface area (Å²) >= 11 is 0. The molecule has 0 saturated heterocycles. The lowest BCUT2D eigenvalue weighted by Crippen LogP contribution is -2.81. The first-order valence-corrected chi connectivity index (χ1v) is 19.9. The van der Waals surface area contributed by atoms with Crippen LogP contribution in [0.15, 0.2) is 91.0 Å². The number of hydrogen-bond donors (Lipinski definition) is 0. The van der Waals surface area contributed by atoms with Crippen molar-refractivity contribution in [3.8, 4) is 0 Å². The van der Waals surface area contributed by atoms with Gasteiger partial charge in [0.25, 0.3) is 0 Å². The minimum atomic E-state index is -8.18. The van der Waals surface area contributed by atoms with Gasteiger partial charge in [-0.1, -0.05) is 18.2 Å². The first-order chi connectivity index (χ1) is 35.0. The zero-order valence-electron chi connectivity index (χ0n) is 35.8. The minimum Gasteiger partial charge on any atom is -0.207 e. The molecule has 7 aromatic rings. The van der Waals surface area contributed by atoms with Crippen LogP contribution < -0.4 is 21.9 Å². The largest absolute Gasteiger partial charge is 0.422 e. The highest BCUT2D eigenvalue weighted by Crippen LogP contribution is 2.42. The molecule has 29 heteroatoms. The molecule has 0 radical (unpaired) electrons. The average molecular weight is 1120 g/mol. The summed E-state index contributed by atoms with van der Waals surface area (Å²) in [5.74, 6) is -68.6. The minimum absolute atomic E-state index is 1.25. The van der Waals surface area contributed by atoms with Crippen molar-refractivity contribution in [2.24, 2.45) is 0 Å². The molecule has 0 N–H and O–H groups in total. The van der Waals surface area contributed by atoms with E-state index in [1.807, 2.05) is 0 Å². The predicted octanol–water partition coefficient (Wildman–Crippen LogP) is 14.1. The zero-order valence-corrected chi connectivity index (χ0v) is 35.8. The highest BCUT2D eigenvalue weighted by Gasteiger charge is 2.56. The van der Waals surface area contributed by atoms with Gasteiger partial charge >= 0.3 is 24.7 Å². The maximum absolute atomic E-state index is 15.9. The van der Waals surface area contributed by atoms with Crippen LogP contribution in [0, 0.1) is 99.0 Å². The number of alkyl halides is 12. The van der Waals surface area contributed by atoms with Crippen molar-refractivity contribution in [2.45, 2.75) is 24.7 Å². The first-order valence-electron chi connectivity index (χ1n) is 19.9. The second-order valence-electron chi connectivity index (χ2n) is 15.5. The smallest absolute Gasteiger partial charge is 0.207 e. The maximum atomic E-state index is 15.9. The lowest BCUT2D eigenvalue weighted by atomic mass is 9.12. The van der Waals surface area contributed by atoms with E-state index in [9.17, 15) is 52.7 Å². The molecule has 0 aromatic heterocycles. The Kier molecular flexibility index (Phi) is 15.4. The van der Waals surface area contributed by atoms with Crippen molar-refractivity contribution in [1.29, 1.82) is 0 Å². The molecule has 0 fully saturated rings. The van der Waals surface area contributed by atoms with E-state index < -0.39 is 168 Å². The van der Waals surface area contributed by atoms with Crippen molar-refractivity contribution < 1.29 is 123 Å². The third-order valence-corrected chi connectivity index (χ3v) is 11.2. The fourth-order valence-corrected chi connectivity index (χ4v) is 8.29. The van der Waals surface area contributed by atoms with Crippen molar-refractivity contribution in [3.63, 3.8) is 0 Å². The molecule has 0 unspecified atom stereocenters. The van der Waals surface area contributed by atoms with Crippen LogP contribution in [0.3, 0.4) is 0 Å². The van der Waals surface area contributed by atoms with Crippen molar-refractivity contribution in [1.82, 2.24) is 0 Å². The molecule has 0 aliphatic carbocycles. The van der Waals surface area contributed by atoms with Crippen LogP contribution in [-0.2, 0) is 24.7 Å². The van der Waals surface area contributed by atoms with Gasteiger partial charge in [-0.2, -0.15) is 52.7 Å². The normalized spacial score (nSPS) is 12.5. The summed E-state index contributed by atoms with van der Waals surface area (Å²) < 4.78 is 409. The molecule has 0 atom stereocenters. The SMILES string of the molecule is Fc1c(F)c(C(F)(F)F)c(F)c(F)c1[B-](c1c(F)c(F)c(C(F)(F)F)c(F)c1F)(c1c(F)c(F)c(C(F)(F)F)c(F)c1F)c1c(F)c(F)c(C(F)(F)F)c(F)c1F.c1ccc([C+](c2ccccc2)c2ccccc2)cc1. The van der Waals surface area contributed by atoms with Crippen LogP contribution in [0.2, 0.25) is 0 Å². The molecule has 7 rings (SSSR count). The molecule has 0 nitrogen and oxygen atoms in total. The molecule has 402 valence electrons. The van der Waals surface area contributed by atoms with Gasteiger partial charge in [-0.3, -0.25) is 0 Å². The summed E-state index contributed by atoms with van der Waals surface area (Å²) in [5, 5.41) is 0. The lowest BCUT2D eigenvalue weighted by Gasteiger charge is -2.45. The second kappa shape index (κ2) is 20.2. The molecule has 0 amide bonds. The van der Waals surface area contributed by atoms with Gasteiger partial charge in [0, 0.05) is 0 Å². The Morgan fingerprint density at radius 1 is 0.224 bits per heavy atom. The number of benzene rings is 7. The Labute approximate surface area is 404 Å². The number of halogens is 28. The van der Waals surface area contributed by atoms with E-state index in [-0.39, 0.29) is 0 Å². The van der Waals surface area contributed by atoms with E-state index >= 15 is 70.2 Å². The van der Waals surface area contributed by atoms with Crippen molar-refractivity contribution >= 4 is 28.0 Å². The molecule has 7 aromatic carbocycles. The molecule has 0 spiro atoms. The van der Waals surface area contributed by atoms with E-state index in [2.05, 4.69) is 91.0 Å². The van der Waals surface area contributed by atoms with Crippen LogP contribution in [-0.4, -0.2) is 6.15 Å². The third kappa shape index (κ3) is 9.59. The van der Waals surface area contributed by atoms with E-state index in [0.29, 0.717) is 0 Å². The van der Waals surface area contributed by atoms with Gasteiger partial charge < -0.3 is 0 Å². The van der Waals surface area contributed by atoms with Crippen LogP contribution in [0.4, 0.5) is 123 Å². The van der Waals surface area contributed by atoms with Crippen LogP contribution in [0.25, 0.3) is 0 Å². The molecule has 0 heterocycles. The molecule has 0 bridgehead atoms. The van der Waals surface area contributed by atoms with E-state index in [1.54, 1.807) is 0 Å². The van der Waals surface area contributed by atoms with E-state index in [4.69, 9.17) is 0 Å². The molecular weight excluding hydrogens is 1110 g/mol. The monoisotopic (exact) mass is 1120 g/mol. The van der Waals surface area contributed by atoms with Crippen LogP contribution in [0.5, 0.6) is 0 Å². The summed E-state index contributed by atoms with van der Waals surface area (Å²) in [6.07, 6.45) is -35.7. The van der Waals surface area contributed by atoms with Gasteiger partial charge in [0.2, 0.25) is 0 Å². The Bertz CT molecular complexity index is 2820. The zero-order chi connectivity index (χ0) is 57.3. The Morgan fingerprint density at radius 2 is 0.368 bits per heavy atom.